The summed E-state index contributed by atoms with van der Waals surface area (Å²) in [6.07, 6.45) is 3.89. The predicted molar refractivity (Wildman–Crippen MR) is 60.2 cm³/mol. The van der Waals surface area contributed by atoms with Crippen LogP contribution in [0.3, 0.4) is 0 Å². The Labute approximate surface area is 97.9 Å². The van der Waals surface area contributed by atoms with E-state index in [1.54, 1.807) is 10.9 Å². The SMILES string of the molecule is Cn1cnc(C(N)Cc2ccc(F)c(F)c2)c1. The summed E-state index contributed by atoms with van der Waals surface area (Å²) < 4.78 is 27.5. The summed E-state index contributed by atoms with van der Waals surface area (Å²) in [6, 6.07) is 3.48. The van der Waals surface area contributed by atoms with Crippen LogP contribution in [0.1, 0.15) is 17.3 Å². The highest BCUT2D eigenvalue weighted by molar-refractivity contribution is 5.20. The standard InChI is InChI=1S/C12H13F2N3/c1-17-6-12(16-7-17)11(15)5-8-2-3-9(13)10(14)4-8/h2-4,6-7,11H,5,15H2,1H3. The third-order valence-corrected chi connectivity index (χ3v) is 2.54. The Bertz CT molecular complexity index is 522. The van der Waals surface area contributed by atoms with Gasteiger partial charge < -0.3 is 10.3 Å². The number of aromatic nitrogens is 2. The Hall–Kier alpha value is -1.75. The highest BCUT2D eigenvalue weighted by Gasteiger charge is 2.11. The third-order valence-electron chi connectivity index (χ3n) is 2.54. The van der Waals surface area contributed by atoms with Crippen molar-refractivity contribution in [1.82, 2.24) is 9.55 Å². The number of nitrogens with two attached hydrogens (primary N) is 1. The molecule has 0 radical (unpaired) electrons. The summed E-state index contributed by atoms with van der Waals surface area (Å²) in [7, 11) is 1.85. The Morgan fingerprint density at radius 1 is 1.35 bits per heavy atom. The van der Waals surface area contributed by atoms with E-state index in [0.717, 1.165) is 17.8 Å². The molecular weight excluding hydrogens is 224 g/mol. The van der Waals surface area contributed by atoms with E-state index in [1.807, 2.05) is 13.2 Å². The van der Waals surface area contributed by atoms with Crippen LogP contribution in [0, 0.1) is 11.6 Å². The van der Waals surface area contributed by atoms with E-state index in [2.05, 4.69) is 4.98 Å². The van der Waals surface area contributed by atoms with Crippen molar-refractivity contribution >= 4 is 0 Å². The lowest BCUT2D eigenvalue weighted by atomic mass is 10.0. The van der Waals surface area contributed by atoms with Gasteiger partial charge in [-0.25, -0.2) is 13.8 Å². The second kappa shape index (κ2) is 4.63. The first kappa shape index (κ1) is 11.7. The van der Waals surface area contributed by atoms with Crippen molar-refractivity contribution in [2.24, 2.45) is 12.8 Å². The van der Waals surface area contributed by atoms with Crippen LogP contribution in [0.4, 0.5) is 8.78 Å². The van der Waals surface area contributed by atoms with Gasteiger partial charge in [0.25, 0.3) is 0 Å². The van der Waals surface area contributed by atoms with Gasteiger partial charge in [-0.15, -0.1) is 0 Å². The first-order valence-corrected chi connectivity index (χ1v) is 5.23. The third kappa shape index (κ3) is 2.68. The van der Waals surface area contributed by atoms with E-state index in [-0.39, 0.29) is 6.04 Å². The molecule has 3 nitrogen and oxygen atoms in total. The van der Waals surface area contributed by atoms with Crippen LogP contribution in [-0.4, -0.2) is 9.55 Å². The molecule has 0 saturated heterocycles. The lowest BCUT2D eigenvalue weighted by Crippen LogP contribution is -2.14. The number of aryl methyl sites for hydroxylation is 1. The molecule has 0 aliphatic heterocycles. The number of nitrogens with zero attached hydrogens (tertiary/aromatic N) is 2. The second-order valence-electron chi connectivity index (χ2n) is 4.02. The van der Waals surface area contributed by atoms with Crippen molar-refractivity contribution in [1.29, 1.82) is 0 Å². The van der Waals surface area contributed by atoms with E-state index < -0.39 is 11.6 Å². The molecule has 1 unspecified atom stereocenters. The topological polar surface area (TPSA) is 43.8 Å². The lowest BCUT2D eigenvalue weighted by molar-refractivity contribution is 0.506. The smallest absolute Gasteiger partial charge is 0.159 e. The fourth-order valence-corrected chi connectivity index (χ4v) is 1.65. The monoisotopic (exact) mass is 237 g/mol. The minimum Gasteiger partial charge on any atom is -0.340 e. The van der Waals surface area contributed by atoms with E-state index in [9.17, 15) is 8.78 Å². The first-order chi connectivity index (χ1) is 8.06. The first-order valence-electron chi connectivity index (χ1n) is 5.23. The number of hydrogen-bond donors (Lipinski definition) is 1. The van der Waals surface area contributed by atoms with Gasteiger partial charge in [0, 0.05) is 13.2 Å². The minimum absolute atomic E-state index is 0.318. The van der Waals surface area contributed by atoms with E-state index in [0.29, 0.717) is 12.0 Å². The van der Waals surface area contributed by atoms with Crippen LogP contribution < -0.4 is 5.73 Å². The van der Waals surface area contributed by atoms with Crippen LogP contribution in [0.2, 0.25) is 0 Å². The van der Waals surface area contributed by atoms with Crippen molar-refractivity contribution in [2.75, 3.05) is 0 Å². The molecule has 1 aromatic carbocycles. The van der Waals surface area contributed by atoms with Gasteiger partial charge in [-0.05, 0) is 24.1 Å². The van der Waals surface area contributed by atoms with Crippen LogP contribution in [0.15, 0.2) is 30.7 Å². The molecule has 17 heavy (non-hydrogen) atoms. The zero-order chi connectivity index (χ0) is 12.4. The van der Waals surface area contributed by atoms with Crippen LogP contribution >= 0.6 is 0 Å². The molecule has 1 atom stereocenters. The minimum atomic E-state index is -0.851. The quantitative estimate of drug-likeness (QED) is 0.886. The molecule has 2 rings (SSSR count). The molecule has 0 amide bonds. The van der Waals surface area contributed by atoms with Gasteiger partial charge in [0.1, 0.15) is 0 Å². The average molecular weight is 237 g/mol. The highest BCUT2D eigenvalue weighted by Crippen LogP contribution is 2.16. The van der Waals surface area contributed by atoms with Crippen molar-refractivity contribution in [3.05, 3.63) is 53.6 Å². The molecule has 1 heterocycles. The fourth-order valence-electron chi connectivity index (χ4n) is 1.65. The number of halogens is 2. The number of hydrogen-bond acceptors (Lipinski definition) is 2. The molecule has 1 aromatic heterocycles. The van der Waals surface area contributed by atoms with Gasteiger partial charge >= 0.3 is 0 Å². The van der Waals surface area contributed by atoms with Gasteiger partial charge in [-0.2, -0.15) is 0 Å². The van der Waals surface area contributed by atoms with Crippen molar-refractivity contribution in [3.8, 4) is 0 Å². The van der Waals surface area contributed by atoms with Crippen LogP contribution in [0.5, 0.6) is 0 Å². The van der Waals surface area contributed by atoms with Crippen molar-refractivity contribution in [2.45, 2.75) is 12.5 Å². The van der Waals surface area contributed by atoms with Crippen LogP contribution in [0.25, 0.3) is 0 Å². The molecule has 0 aliphatic rings. The van der Waals surface area contributed by atoms with E-state index in [1.165, 1.54) is 6.07 Å². The Morgan fingerprint density at radius 3 is 2.71 bits per heavy atom. The zero-order valence-electron chi connectivity index (χ0n) is 9.40. The maximum absolute atomic E-state index is 13.0. The second-order valence-corrected chi connectivity index (χ2v) is 4.02. The van der Waals surface area contributed by atoms with Gasteiger partial charge in [0.15, 0.2) is 11.6 Å². The van der Waals surface area contributed by atoms with Gasteiger partial charge in [0.05, 0.1) is 18.1 Å². The molecule has 0 bridgehead atoms. The molecule has 2 N–H and O–H groups in total. The summed E-state index contributed by atoms with van der Waals surface area (Å²) in [6.45, 7) is 0. The molecule has 0 spiro atoms. The highest BCUT2D eigenvalue weighted by atomic mass is 19.2. The van der Waals surface area contributed by atoms with Crippen molar-refractivity contribution < 1.29 is 8.78 Å². The maximum atomic E-state index is 13.0. The van der Waals surface area contributed by atoms with Gasteiger partial charge in [-0.1, -0.05) is 6.07 Å². The lowest BCUT2D eigenvalue weighted by Gasteiger charge is -2.09. The summed E-state index contributed by atoms with van der Waals surface area (Å²) >= 11 is 0. The summed E-state index contributed by atoms with van der Waals surface area (Å²) in [4.78, 5) is 4.12. The number of imidazole rings is 1. The summed E-state index contributed by atoms with van der Waals surface area (Å²) in [5, 5.41) is 0. The average Bonchev–Trinajstić information content (AvgIpc) is 2.70. The van der Waals surface area contributed by atoms with E-state index >= 15 is 0 Å². The van der Waals surface area contributed by atoms with Crippen LogP contribution in [-0.2, 0) is 13.5 Å². The summed E-state index contributed by atoms with van der Waals surface area (Å²) in [5.74, 6) is -1.70. The number of rotatable bonds is 3. The van der Waals surface area contributed by atoms with Gasteiger partial charge in [0.2, 0.25) is 0 Å². The molecule has 90 valence electrons. The molecule has 0 aliphatic carbocycles. The molecular formula is C12H13F2N3. The molecule has 0 fully saturated rings. The molecule has 5 heteroatoms. The van der Waals surface area contributed by atoms with E-state index in [4.69, 9.17) is 5.73 Å². The Balaban J connectivity index is 2.12. The fraction of sp³-hybridized carbons (Fsp3) is 0.250. The van der Waals surface area contributed by atoms with Crippen molar-refractivity contribution in [3.63, 3.8) is 0 Å². The van der Waals surface area contributed by atoms with Gasteiger partial charge in [-0.3, -0.25) is 0 Å². The predicted octanol–water partition coefficient (Wildman–Crippen LogP) is 1.94. The zero-order valence-corrected chi connectivity index (χ0v) is 9.40. The number of benzene rings is 1. The Morgan fingerprint density at radius 2 is 2.12 bits per heavy atom. The molecule has 2 aromatic rings. The largest absolute Gasteiger partial charge is 0.340 e. The normalized spacial score (nSPS) is 12.7. The molecule has 0 saturated carbocycles. The Kier molecular flexibility index (Phi) is 3.19. The maximum Gasteiger partial charge on any atom is 0.159 e. The summed E-state index contributed by atoms with van der Waals surface area (Å²) in [5.41, 5.74) is 7.32.